The Hall–Kier alpha value is -1.11. The Morgan fingerprint density at radius 2 is 2.24 bits per heavy atom. The van der Waals surface area contributed by atoms with Crippen LogP contribution >= 0.6 is 0 Å². The Labute approximate surface area is 96.6 Å². The number of alkyl halides is 3. The average Bonchev–Trinajstić information content (AvgIpc) is 2.79. The van der Waals surface area contributed by atoms with Crippen molar-refractivity contribution in [3.05, 3.63) is 11.7 Å². The normalized spacial score (nSPS) is 26.1. The molecule has 1 unspecified atom stereocenters. The highest BCUT2D eigenvalue weighted by molar-refractivity contribution is 5.08. The molecule has 0 aromatic carbocycles. The Bertz CT molecular complexity index is 382. The first-order chi connectivity index (χ1) is 7.98. The maximum atomic E-state index is 12.4. The van der Waals surface area contributed by atoms with Gasteiger partial charge in [-0.1, -0.05) is 12.1 Å². The van der Waals surface area contributed by atoms with Gasteiger partial charge in [-0.05, 0) is 25.8 Å². The standard InChI is InChI=1S/C10H14F3N3O/c1-2-9(4-3-5-14-6-9)8-15-7(16-17-8)10(11,12)13/h14H,2-6H2,1H3. The van der Waals surface area contributed by atoms with Gasteiger partial charge >= 0.3 is 6.18 Å². The molecule has 1 aliphatic heterocycles. The molecule has 7 heteroatoms. The lowest BCUT2D eigenvalue weighted by Gasteiger charge is -2.33. The van der Waals surface area contributed by atoms with E-state index in [-0.39, 0.29) is 5.89 Å². The van der Waals surface area contributed by atoms with Crippen LogP contribution in [0.5, 0.6) is 0 Å². The lowest BCUT2D eigenvalue weighted by Crippen LogP contribution is -2.43. The number of rotatable bonds is 2. The minimum absolute atomic E-state index is 0.0968. The average molecular weight is 249 g/mol. The summed E-state index contributed by atoms with van der Waals surface area (Å²) < 4.78 is 42.0. The molecule has 0 aliphatic carbocycles. The third kappa shape index (κ3) is 2.29. The summed E-state index contributed by atoms with van der Waals surface area (Å²) in [5, 5.41) is 6.18. The van der Waals surface area contributed by atoms with E-state index in [9.17, 15) is 13.2 Å². The van der Waals surface area contributed by atoms with Gasteiger partial charge in [-0.2, -0.15) is 18.2 Å². The highest BCUT2D eigenvalue weighted by Gasteiger charge is 2.42. The van der Waals surface area contributed by atoms with Crippen LogP contribution in [0.4, 0.5) is 13.2 Å². The van der Waals surface area contributed by atoms with Crippen molar-refractivity contribution in [3.8, 4) is 0 Å². The molecule has 0 bridgehead atoms. The predicted octanol–water partition coefficient (Wildman–Crippen LogP) is 2.12. The fourth-order valence-electron chi connectivity index (χ4n) is 2.16. The fourth-order valence-corrected chi connectivity index (χ4v) is 2.16. The topological polar surface area (TPSA) is 51.0 Å². The van der Waals surface area contributed by atoms with Crippen molar-refractivity contribution in [1.82, 2.24) is 15.5 Å². The molecule has 1 saturated heterocycles. The van der Waals surface area contributed by atoms with Gasteiger partial charge < -0.3 is 9.84 Å². The second-order valence-corrected chi connectivity index (χ2v) is 4.34. The molecule has 2 rings (SSSR count). The fraction of sp³-hybridized carbons (Fsp3) is 0.800. The van der Waals surface area contributed by atoms with E-state index in [0.717, 1.165) is 19.4 Å². The van der Waals surface area contributed by atoms with Gasteiger partial charge in [-0.15, -0.1) is 0 Å². The van der Waals surface area contributed by atoms with Crippen molar-refractivity contribution < 1.29 is 17.7 Å². The zero-order valence-corrected chi connectivity index (χ0v) is 9.47. The largest absolute Gasteiger partial charge is 0.455 e. The first-order valence-corrected chi connectivity index (χ1v) is 5.60. The van der Waals surface area contributed by atoms with Gasteiger partial charge in [0, 0.05) is 6.54 Å². The lowest BCUT2D eigenvalue weighted by molar-refractivity contribution is -0.146. The van der Waals surface area contributed by atoms with Gasteiger partial charge in [0.15, 0.2) is 0 Å². The molecule has 4 nitrogen and oxygen atoms in total. The van der Waals surface area contributed by atoms with Crippen LogP contribution in [0, 0.1) is 0 Å². The molecule has 1 aromatic rings. The summed E-state index contributed by atoms with van der Waals surface area (Å²) >= 11 is 0. The second-order valence-electron chi connectivity index (χ2n) is 4.34. The number of halogens is 3. The molecule has 1 N–H and O–H groups in total. The molecule has 1 fully saturated rings. The molecule has 1 atom stereocenters. The van der Waals surface area contributed by atoms with E-state index < -0.39 is 17.4 Å². The van der Waals surface area contributed by atoms with E-state index in [1.165, 1.54) is 0 Å². The summed E-state index contributed by atoms with van der Waals surface area (Å²) in [5.41, 5.74) is -0.450. The molecular weight excluding hydrogens is 235 g/mol. The van der Waals surface area contributed by atoms with E-state index in [4.69, 9.17) is 4.52 Å². The van der Waals surface area contributed by atoms with Crippen LogP contribution in [0.25, 0.3) is 0 Å². The summed E-state index contributed by atoms with van der Waals surface area (Å²) in [6.45, 7) is 3.38. The number of aromatic nitrogens is 2. The maximum absolute atomic E-state index is 12.4. The van der Waals surface area contributed by atoms with Crippen molar-refractivity contribution >= 4 is 0 Å². The zero-order chi connectivity index (χ0) is 12.5. The zero-order valence-electron chi connectivity index (χ0n) is 9.47. The number of nitrogens with one attached hydrogen (secondary N) is 1. The van der Waals surface area contributed by atoms with E-state index in [1.807, 2.05) is 6.92 Å². The first kappa shape index (κ1) is 12.3. The minimum Gasteiger partial charge on any atom is -0.338 e. The molecular formula is C10H14F3N3O. The van der Waals surface area contributed by atoms with Gasteiger partial charge in [0.1, 0.15) is 0 Å². The van der Waals surface area contributed by atoms with Crippen molar-refractivity contribution in [2.45, 2.75) is 37.8 Å². The summed E-state index contributed by atoms with van der Waals surface area (Å²) in [6.07, 6.45) is -2.19. The van der Waals surface area contributed by atoms with Gasteiger partial charge in [0.05, 0.1) is 5.41 Å². The van der Waals surface area contributed by atoms with Crippen molar-refractivity contribution in [3.63, 3.8) is 0 Å². The van der Waals surface area contributed by atoms with Gasteiger partial charge in [-0.3, -0.25) is 0 Å². The van der Waals surface area contributed by atoms with Crippen LogP contribution in [0.3, 0.4) is 0 Å². The first-order valence-electron chi connectivity index (χ1n) is 5.60. The van der Waals surface area contributed by atoms with Gasteiger partial charge in [0.25, 0.3) is 5.82 Å². The van der Waals surface area contributed by atoms with E-state index in [0.29, 0.717) is 13.0 Å². The molecule has 0 amide bonds. The minimum atomic E-state index is -4.54. The van der Waals surface area contributed by atoms with Crippen LogP contribution in [0.2, 0.25) is 0 Å². The Morgan fingerprint density at radius 1 is 1.47 bits per heavy atom. The van der Waals surface area contributed by atoms with Crippen LogP contribution in [0.15, 0.2) is 4.52 Å². The number of hydrogen-bond donors (Lipinski definition) is 1. The molecule has 0 spiro atoms. The third-order valence-corrected chi connectivity index (χ3v) is 3.28. The monoisotopic (exact) mass is 249 g/mol. The van der Waals surface area contributed by atoms with Crippen molar-refractivity contribution in [1.29, 1.82) is 0 Å². The van der Waals surface area contributed by atoms with Crippen LogP contribution in [-0.4, -0.2) is 23.2 Å². The second kappa shape index (κ2) is 4.29. The molecule has 0 saturated carbocycles. The maximum Gasteiger partial charge on any atom is 0.455 e. The molecule has 17 heavy (non-hydrogen) atoms. The lowest BCUT2D eigenvalue weighted by atomic mass is 9.78. The van der Waals surface area contributed by atoms with E-state index >= 15 is 0 Å². The summed E-state index contributed by atoms with van der Waals surface area (Å²) in [5.74, 6) is -1.09. The number of hydrogen-bond acceptors (Lipinski definition) is 4. The highest BCUT2D eigenvalue weighted by Crippen LogP contribution is 2.35. The van der Waals surface area contributed by atoms with Crippen LogP contribution in [-0.2, 0) is 11.6 Å². The summed E-state index contributed by atoms with van der Waals surface area (Å²) in [6, 6.07) is 0. The highest BCUT2D eigenvalue weighted by atomic mass is 19.4. The summed E-state index contributed by atoms with van der Waals surface area (Å²) in [4.78, 5) is 3.51. The summed E-state index contributed by atoms with van der Waals surface area (Å²) in [7, 11) is 0. The SMILES string of the molecule is CCC1(c2nc(C(F)(F)F)no2)CCCNC1. The van der Waals surface area contributed by atoms with Crippen LogP contribution < -0.4 is 5.32 Å². The number of piperidine rings is 1. The molecule has 1 aromatic heterocycles. The Balaban J connectivity index is 2.28. The molecule has 2 heterocycles. The Morgan fingerprint density at radius 3 is 2.71 bits per heavy atom. The van der Waals surface area contributed by atoms with Gasteiger partial charge in [0.2, 0.25) is 5.89 Å². The van der Waals surface area contributed by atoms with E-state index in [2.05, 4.69) is 15.5 Å². The molecule has 1 aliphatic rings. The Kier molecular flexibility index (Phi) is 3.11. The van der Waals surface area contributed by atoms with E-state index in [1.54, 1.807) is 0 Å². The molecule has 0 radical (unpaired) electrons. The van der Waals surface area contributed by atoms with Crippen molar-refractivity contribution in [2.75, 3.05) is 13.1 Å². The smallest absolute Gasteiger partial charge is 0.338 e. The third-order valence-electron chi connectivity index (χ3n) is 3.28. The molecule has 96 valence electrons. The van der Waals surface area contributed by atoms with Gasteiger partial charge in [-0.25, -0.2) is 0 Å². The predicted molar refractivity (Wildman–Crippen MR) is 53.4 cm³/mol. The van der Waals surface area contributed by atoms with Crippen molar-refractivity contribution in [2.24, 2.45) is 0 Å². The quantitative estimate of drug-likeness (QED) is 0.872. The number of nitrogens with zero attached hydrogens (tertiary/aromatic N) is 2. The van der Waals surface area contributed by atoms with Crippen LogP contribution in [0.1, 0.15) is 37.9 Å².